The van der Waals surface area contributed by atoms with Gasteiger partial charge in [-0.3, -0.25) is 4.79 Å². The third-order valence-corrected chi connectivity index (χ3v) is 4.78. The zero-order valence-corrected chi connectivity index (χ0v) is 12.0. The lowest BCUT2D eigenvalue weighted by atomic mass is 10.3. The lowest BCUT2D eigenvalue weighted by molar-refractivity contribution is -0.121. The van der Waals surface area contributed by atoms with Crippen molar-refractivity contribution >= 4 is 15.9 Å². The summed E-state index contributed by atoms with van der Waals surface area (Å²) >= 11 is 0. The minimum Gasteiger partial charge on any atom is -0.355 e. The van der Waals surface area contributed by atoms with Crippen molar-refractivity contribution in [1.82, 2.24) is 14.5 Å². The number of hydrogen-bond acceptors (Lipinski definition) is 4. The van der Waals surface area contributed by atoms with E-state index < -0.39 is 10.0 Å². The van der Waals surface area contributed by atoms with Crippen LogP contribution in [0.2, 0.25) is 0 Å². The van der Waals surface area contributed by atoms with Gasteiger partial charge < -0.3 is 10.2 Å². The molecule has 0 aromatic carbocycles. The summed E-state index contributed by atoms with van der Waals surface area (Å²) in [5.74, 6) is -0.0415. The fourth-order valence-electron chi connectivity index (χ4n) is 1.86. The number of nitrogens with one attached hydrogen (secondary N) is 1. The Morgan fingerprint density at radius 3 is 2.67 bits per heavy atom. The summed E-state index contributed by atoms with van der Waals surface area (Å²) in [5.41, 5.74) is 0. The van der Waals surface area contributed by atoms with Gasteiger partial charge in [0.2, 0.25) is 15.9 Å². The molecule has 1 rings (SSSR count). The predicted octanol–water partition coefficient (Wildman–Crippen LogP) is -0.520. The summed E-state index contributed by atoms with van der Waals surface area (Å²) in [5, 5.41) is 2.75. The van der Waals surface area contributed by atoms with Crippen molar-refractivity contribution in [3.8, 4) is 0 Å². The summed E-state index contributed by atoms with van der Waals surface area (Å²) in [6.45, 7) is 1.92. The second-order valence-electron chi connectivity index (χ2n) is 4.86. The van der Waals surface area contributed by atoms with E-state index in [1.807, 2.05) is 19.0 Å². The molecule has 7 heteroatoms. The largest absolute Gasteiger partial charge is 0.355 e. The molecule has 1 fully saturated rings. The highest BCUT2D eigenvalue weighted by Crippen LogP contribution is 2.12. The van der Waals surface area contributed by atoms with Gasteiger partial charge >= 0.3 is 0 Å². The maximum atomic E-state index is 11.7. The zero-order chi connectivity index (χ0) is 13.6. The molecule has 1 aliphatic rings. The summed E-state index contributed by atoms with van der Waals surface area (Å²) in [6.07, 6.45) is 2.40. The molecule has 18 heavy (non-hydrogen) atoms. The van der Waals surface area contributed by atoms with Crippen LogP contribution in [0.1, 0.15) is 19.3 Å². The average Bonchev–Trinajstić information content (AvgIpc) is 2.27. The highest BCUT2D eigenvalue weighted by molar-refractivity contribution is 7.89. The molecule has 0 atom stereocenters. The van der Waals surface area contributed by atoms with E-state index in [1.54, 1.807) is 0 Å². The third kappa shape index (κ3) is 5.32. The van der Waals surface area contributed by atoms with E-state index in [2.05, 4.69) is 5.32 Å². The first kappa shape index (κ1) is 15.4. The van der Waals surface area contributed by atoms with Gasteiger partial charge in [-0.2, -0.15) is 4.31 Å². The van der Waals surface area contributed by atoms with Crippen LogP contribution in [-0.2, 0) is 14.8 Å². The van der Waals surface area contributed by atoms with Crippen molar-refractivity contribution in [2.75, 3.05) is 46.0 Å². The Kier molecular flexibility index (Phi) is 6.04. The molecule has 0 aromatic heterocycles. The minimum atomic E-state index is -3.20. The Balaban J connectivity index is 2.27. The first-order valence-corrected chi connectivity index (χ1v) is 7.92. The molecule has 106 valence electrons. The van der Waals surface area contributed by atoms with Gasteiger partial charge in [0.25, 0.3) is 0 Å². The Labute approximate surface area is 109 Å². The number of amides is 1. The lowest BCUT2D eigenvalue weighted by Gasteiger charge is -2.25. The van der Waals surface area contributed by atoms with Crippen LogP contribution in [0, 0.1) is 0 Å². The summed E-state index contributed by atoms with van der Waals surface area (Å²) in [7, 11) is 0.750. The van der Waals surface area contributed by atoms with Gasteiger partial charge in [0.1, 0.15) is 0 Å². The highest BCUT2D eigenvalue weighted by Gasteiger charge is 2.27. The number of carbonyl (C=O) groups is 1. The predicted molar refractivity (Wildman–Crippen MR) is 70.8 cm³/mol. The van der Waals surface area contributed by atoms with E-state index in [9.17, 15) is 13.2 Å². The Hall–Kier alpha value is -0.660. The van der Waals surface area contributed by atoms with Crippen molar-refractivity contribution in [2.45, 2.75) is 19.3 Å². The van der Waals surface area contributed by atoms with Crippen LogP contribution in [0.3, 0.4) is 0 Å². The topological polar surface area (TPSA) is 69.7 Å². The molecular weight excluding hydrogens is 254 g/mol. The van der Waals surface area contributed by atoms with Crippen LogP contribution < -0.4 is 5.32 Å². The number of carbonyl (C=O) groups excluding carboxylic acids is 1. The van der Waals surface area contributed by atoms with E-state index in [-0.39, 0.29) is 18.2 Å². The number of rotatable bonds is 6. The molecule has 1 saturated heterocycles. The van der Waals surface area contributed by atoms with E-state index in [1.165, 1.54) is 4.31 Å². The quantitative estimate of drug-likeness (QED) is 0.663. The Morgan fingerprint density at radius 2 is 2.06 bits per heavy atom. The molecule has 0 aromatic rings. The van der Waals surface area contributed by atoms with Crippen LogP contribution in [0.25, 0.3) is 0 Å². The molecule has 0 unspecified atom stereocenters. The Bertz CT molecular complexity index is 368. The van der Waals surface area contributed by atoms with Crippen molar-refractivity contribution < 1.29 is 13.2 Å². The van der Waals surface area contributed by atoms with Crippen LogP contribution >= 0.6 is 0 Å². The van der Waals surface area contributed by atoms with Gasteiger partial charge in [0.05, 0.1) is 12.3 Å². The minimum absolute atomic E-state index is 0.0374. The fourth-order valence-corrected chi connectivity index (χ4v) is 3.41. The molecule has 1 amide bonds. The van der Waals surface area contributed by atoms with Crippen LogP contribution in [-0.4, -0.2) is 69.6 Å². The van der Waals surface area contributed by atoms with Gasteiger partial charge in [0.15, 0.2) is 0 Å². The number of nitrogens with zero attached hydrogens (tertiary/aromatic N) is 2. The van der Waals surface area contributed by atoms with Gasteiger partial charge in [-0.15, -0.1) is 0 Å². The normalized spacial score (nSPS) is 19.9. The second kappa shape index (κ2) is 7.06. The van der Waals surface area contributed by atoms with Gasteiger partial charge in [0, 0.05) is 13.1 Å². The molecular formula is C11H23N3O3S. The molecule has 0 spiro atoms. The van der Waals surface area contributed by atoms with Crippen molar-refractivity contribution in [3.63, 3.8) is 0 Å². The average molecular weight is 277 g/mol. The molecule has 0 saturated carbocycles. The zero-order valence-electron chi connectivity index (χ0n) is 11.2. The van der Waals surface area contributed by atoms with Gasteiger partial charge in [-0.25, -0.2) is 8.42 Å². The Morgan fingerprint density at radius 1 is 1.33 bits per heavy atom. The first-order chi connectivity index (χ1) is 8.42. The molecule has 1 heterocycles. The smallest absolute Gasteiger partial charge is 0.235 e. The monoisotopic (exact) mass is 277 g/mol. The SMILES string of the molecule is CN(C)CCCNC(=O)CN1CCCCS1(=O)=O. The van der Waals surface area contributed by atoms with Gasteiger partial charge in [-0.1, -0.05) is 0 Å². The number of sulfonamides is 1. The summed E-state index contributed by atoms with van der Waals surface area (Å²) in [4.78, 5) is 13.7. The van der Waals surface area contributed by atoms with Crippen LogP contribution in [0.15, 0.2) is 0 Å². The van der Waals surface area contributed by atoms with E-state index >= 15 is 0 Å². The first-order valence-electron chi connectivity index (χ1n) is 6.31. The van der Waals surface area contributed by atoms with Crippen molar-refractivity contribution in [3.05, 3.63) is 0 Å². The molecule has 0 radical (unpaired) electrons. The maximum Gasteiger partial charge on any atom is 0.235 e. The van der Waals surface area contributed by atoms with E-state index in [4.69, 9.17) is 0 Å². The standard InChI is InChI=1S/C11H23N3O3S/c1-13(2)7-5-6-12-11(15)10-14-8-3-4-9-18(14,16)17/h3-10H2,1-2H3,(H,12,15). The maximum absolute atomic E-state index is 11.7. The molecule has 0 aliphatic carbocycles. The second-order valence-corrected chi connectivity index (χ2v) is 6.95. The van der Waals surface area contributed by atoms with E-state index in [0.717, 1.165) is 19.4 Å². The highest BCUT2D eigenvalue weighted by atomic mass is 32.2. The van der Waals surface area contributed by atoms with Crippen molar-refractivity contribution in [2.24, 2.45) is 0 Å². The lowest BCUT2D eigenvalue weighted by Crippen LogP contribution is -2.44. The fraction of sp³-hybridized carbons (Fsp3) is 0.909. The summed E-state index contributed by atoms with van der Waals surface area (Å²) < 4.78 is 24.6. The summed E-state index contributed by atoms with van der Waals surface area (Å²) in [6, 6.07) is 0. The molecule has 6 nitrogen and oxygen atoms in total. The molecule has 1 aliphatic heterocycles. The molecule has 1 N–H and O–H groups in total. The number of hydrogen-bond donors (Lipinski definition) is 1. The van der Waals surface area contributed by atoms with Gasteiger partial charge in [-0.05, 0) is 39.9 Å². The van der Waals surface area contributed by atoms with Crippen LogP contribution in [0.4, 0.5) is 0 Å². The van der Waals surface area contributed by atoms with E-state index in [0.29, 0.717) is 19.5 Å². The van der Waals surface area contributed by atoms with Crippen LogP contribution in [0.5, 0.6) is 0 Å². The molecule has 0 bridgehead atoms. The third-order valence-electron chi connectivity index (χ3n) is 2.88. The van der Waals surface area contributed by atoms with Crippen molar-refractivity contribution in [1.29, 1.82) is 0 Å².